The van der Waals surface area contributed by atoms with E-state index in [1.165, 1.54) is 0 Å². The van der Waals surface area contributed by atoms with Crippen LogP contribution < -0.4 is 5.32 Å². The number of aryl methyl sites for hydroxylation is 1. The van der Waals surface area contributed by atoms with Gasteiger partial charge >= 0.3 is 0 Å². The molecular formula is C10H14BrNO2. The monoisotopic (exact) mass is 259 g/mol. The Hall–Kier alpha value is -0.770. The van der Waals surface area contributed by atoms with Crippen LogP contribution in [0.1, 0.15) is 19.1 Å². The van der Waals surface area contributed by atoms with Gasteiger partial charge in [-0.2, -0.15) is 0 Å². The van der Waals surface area contributed by atoms with Gasteiger partial charge in [-0.3, -0.25) is 4.79 Å². The SMILES string of the molecule is CC(CCc1ccco1)NC(=O)CBr. The number of hydrogen-bond acceptors (Lipinski definition) is 2. The third kappa shape index (κ3) is 3.96. The van der Waals surface area contributed by atoms with Gasteiger partial charge < -0.3 is 9.73 Å². The molecule has 1 unspecified atom stereocenters. The molecule has 0 saturated carbocycles. The molecular weight excluding hydrogens is 246 g/mol. The topological polar surface area (TPSA) is 42.2 Å². The van der Waals surface area contributed by atoms with Gasteiger partial charge in [-0.15, -0.1) is 0 Å². The normalized spacial score (nSPS) is 12.4. The molecule has 0 bridgehead atoms. The maximum absolute atomic E-state index is 11.0. The largest absolute Gasteiger partial charge is 0.469 e. The summed E-state index contributed by atoms with van der Waals surface area (Å²) in [6.45, 7) is 1.99. The minimum absolute atomic E-state index is 0.0249. The Morgan fingerprint density at radius 3 is 3.07 bits per heavy atom. The van der Waals surface area contributed by atoms with Crippen LogP contribution in [0.5, 0.6) is 0 Å². The van der Waals surface area contributed by atoms with E-state index in [-0.39, 0.29) is 11.9 Å². The summed E-state index contributed by atoms with van der Waals surface area (Å²) >= 11 is 3.10. The Labute approximate surface area is 92.0 Å². The molecule has 0 aromatic carbocycles. The van der Waals surface area contributed by atoms with Gasteiger partial charge in [-0.1, -0.05) is 15.9 Å². The van der Waals surface area contributed by atoms with Gasteiger partial charge in [0.15, 0.2) is 0 Å². The van der Waals surface area contributed by atoms with Gasteiger partial charge in [-0.25, -0.2) is 0 Å². The zero-order valence-electron chi connectivity index (χ0n) is 8.13. The predicted octanol–water partition coefficient (Wildman–Crippen LogP) is 2.11. The molecule has 78 valence electrons. The highest BCUT2D eigenvalue weighted by Crippen LogP contribution is 2.05. The van der Waals surface area contributed by atoms with Crippen molar-refractivity contribution < 1.29 is 9.21 Å². The quantitative estimate of drug-likeness (QED) is 0.824. The second kappa shape index (κ2) is 5.86. The zero-order valence-corrected chi connectivity index (χ0v) is 9.71. The van der Waals surface area contributed by atoms with Crippen LogP contribution in [0.25, 0.3) is 0 Å². The Morgan fingerprint density at radius 1 is 1.71 bits per heavy atom. The maximum atomic E-state index is 11.0. The fourth-order valence-electron chi connectivity index (χ4n) is 1.20. The van der Waals surface area contributed by atoms with Crippen molar-refractivity contribution in [1.82, 2.24) is 5.32 Å². The van der Waals surface area contributed by atoms with Gasteiger partial charge in [-0.05, 0) is 25.5 Å². The van der Waals surface area contributed by atoms with Crippen molar-refractivity contribution >= 4 is 21.8 Å². The third-order valence-electron chi connectivity index (χ3n) is 1.93. The molecule has 1 N–H and O–H groups in total. The first kappa shape index (κ1) is 11.3. The van der Waals surface area contributed by atoms with E-state index < -0.39 is 0 Å². The Balaban J connectivity index is 2.21. The summed E-state index contributed by atoms with van der Waals surface area (Å²) in [5, 5.41) is 3.22. The van der Waals surface area contributed by atoms with Crippen LogP contribution in [0.3, 0.4) is 0 Å². The standard InChI is InChI=1S/C10H14BrNO2/c1-8(12-10(13)7-11)4-5-9-3-2-6-14-9/h2-3,6,8H,4-5,7H2,1H3,(H,12,13). The second-order valence-electron chi connectivity index (χ2n) is 3.22. The molecule has 4 heteroatoms. The van der Waals surface area contributed by atoms with Crippen molar-refractivity contribution in [2.75, 3.05) is 5.33 Å². The first-order valence-corrected chi connectivity index (χ1v) is 5.72. The lowest BCUT2D eigenvalue weighted by molar-refractivity contribution is -0.119. The number of carbonyl (C=O) groups excluding carboxylic acids is 1. The molecule has 0 spiro atoms. The van der Waals surface area contributed by atoms with Crippen molar-refractivity contribution in [2.24, 2.45) is 0 Å². The molecule has 1 rings (SSSR count). The average Bonchev–Trinajstić information content (AvgIpc) is 2.67. The molecule has 0 aliphatic carbocycles. The van der Waals surface area contributed by atoms with Gasteiger partial charge in [0, 0.05) is 12.5 Å². The van der Waals surface area contributed by atoms with E-state index in [2.05, 4.69) is 21.2 Å². The molecule has 14 heavy (non-hydrogen) atoms. The van der Waals surface area contributed by atoms with Crippen LogP contribution in [0.4, 0.5) is 0 Å². The van der Waals surface area contributed by atoms with E-state index in [1.54, 1.807) is 6.26 Å². The van der Waals surface area contributed by atoms with Crippen LogP contribution in [0.2, 0.25) is 0 Å². The lowest BCUT2D eigenvalue weighted by atomic mass is 10.1. The highest BCUT2D eigenvalue weighted by molar-refractivity contribution is 9.09. The lowest BCUT2D eigenvalue weighted by Gasteiger charge is -2.11. The Bertz CT molecular complexity index is 272. The number of carbonyl (C=O) groups is 1. The molecule has 1 amide bonds. The van der Waals surface area contributed by atoms with E-state index in [0.717, 1.165) is 18.6 Å². The fourth-order valence-corrected chi connectivity index (χ4v) is 1.36. The van der Waals surface area contributed by atoms with Gasteiger partial charge in [0.05, 0.1) is 11.6 Å². The molecule has 1 heterocycles. The predicted molar refractivity (Wildman–Crippen MR) is 58.4 cm³/mol. The fraction of sp³-hybridized carbons (Fsp3) is 0.500. The first-order valence-electron chi connectivity index (χ1n) is 4.60. The zero-order chi connectivity index (χ0) is 10.4. The Morgan fingerprint density at radius 2 is 2.50 bits per heavy atom. The van der Waals surface area contributed by atoms with Crippen molar-refractivity contribution in [3.63, 3.8) is 0 Å². The Kier molecular flexibility index (Phi) is 4.73. The van der Waals surface area contributed by atoms with E-state index in [1.807, 2.05) is 19.1 Å². The first-order chi connectivity index (χ1) is 6.72. The molecule has 1 atom stereocenters. The molecule has 0 aliphatic rings. The summed E-state index contributed by atoms with van der Waals surface area (Å²) in [4.78, 5) is 11.0. The summed E-state index contributed by atoms with van der Waals surface area (Å²) in [7, 11) is 0. The molecule has 0 aliphatic heterocycles. The summed E-state index contributed by atoms with van der Waals surface area (Å²) < 4.78 is 5.19. The van der Waals surface area contributed by atoms with Crippen molar-refractivity contribution in [3.05, 3.63) is 24.2 Å². The minimum Gasteiger partial charge on any atom is -0.469 e. The number of nitrogens with one attached hydrogen (secondary N) is 1. The number of rotatable bonds is 5. The number of alkyl halides is 1. The maximum Gasteiger partial charge on any atom is 0.230 e. The summed E-state index contributed by atoms with van der Waals surface area (Å²) in [6.07, 6.45) is 3.42. The third-order valence-corrected chi connectivity index (χ3v) is 2.44. The molecule has 0 fully saturated rings. The average molecular weight is 260 g/mol. The van der Waals surface area contributed by atoms with Crippen LogP contribution in [-0.4, -0.2) is 17.3 Å². The second-order valence-corrected chi connectivity index (χ2v) is 3.78. The summed E-state index contributed by atoms with van der Waals surface area (Å²) in [5.74, 6) is 0.988. The molecule has 1 aromatic heterocycles. The molecule has 0 saturated heterocycles. The van der Waals surface area contributed by atoms with Crippen molar-refractivity contribution in [1.29, 1.82) is 0 Å². The molecule has 0 radical (unpaired) electrons. The smallest absolute Gasteiger partial charge is 0.230 e. The van der Waals surface area contributed by atoms with Gasteiger partial charge in [0.2, 0.25) is 5.91 Å². The van der Waals surface area contributed by atoms with Crippen LogP contribution >= 0.6 is 15.9 Å². The van der Waals surface area contributed by atoms with Crippen LogP contribution in [-0.2, 0) is 11.2 Å². The van der Waals surface area contributed by atoms with Gasteiger partial charge in [0.25, 0.3) is 0 Å². The number of amides is 1. The number of hydrogen-bond donors (Lipinski definition) is 1. The molecule has 3 nitrogen and oxygen atoms in total. The highest BCUT2D eigenvalue weighted by atomic mass is 79.9. The van der Waals surface area contributed by atoms with E-state index in [0.29, 0.717) is 5.33 Å². The van der Waals surface area contributed by atoms with Crippen LogP contribution in [0, 0.1) is 0 Å². The number of halogens is 1. The number of furan rings is 1. The minimum atomic E-state index is 0.0249. The van der Waals surface area contributed by atoms with Crippen LogP contribution in [0.15, 0.2) is 22.8 Å². The summed E-state index contributed by atoms with van der Waals surface area (Å²) in [6, 6.07) is 4.00. The van der Waals surface area contributed by atoms with E-state index >= 15 is 0 Å². The van der Waals surface area contributed by atoms with E-state index in [9.17, 15) is 4.79 Å². The van der Waals surface area contributed by atoms with Gasteiger partial charge in [0.1, 0.15) is 5.76 Å². The van der Waals surface area contributed by atoms with Crippen molar-refractivity contribution in [2.45, 2.75) is 25.8 Å². The van der Waals surface area contributed by atoms with Crippen molar-refractivity contribution in [3.8, 4) is 0 Å². The summed E-state index contributed by atoms with van der Waals surface area (Å²) in [5.41, 5.74) is 0. The highest BCUT2D eigenvalue weighted by Gasteiger charge is 2.06. The molecule has 1 aromatic rings. The lowest BCUT2D eigenvalue weighted by Crippen LogP contribution is -2.33. The van der Waals surface area contributed by atoms with E-state index in [4.69, 9.17) is 4.42 Å².